The fourth-order valence-corrected chi connectivity index (χ4v) is 2.11. The summed E-state index contributed by atoms with van der Waals surface area (Å²) in [6.45, 7) is -0.277. The number of ketones is 1. The van der Waals surface area contributed by atoms with Crippen LogP contribution in [0.4, 0.5) is 4.39 Å². The molecular weight excluding hydrogens is 315 g/mol. The number of hydrogen-bond donors (Lipinski definition) is 0. The van der Waals surface area contributed by atoms with Gasteiger partial charge in [0.25, 0.3) is 0 Å². The first-order chi connectivity index (χ1) is 11.6. The third-order valence-electron chi connectivity index (χ3n) is 3.30. The zero-order chi connectivity index (χ0) is 16.9. The molecule has 0 unspecified atom stereocenters. The highest BCUT2D eigenvalue weighted by atomic mass is 19.1. The number of benzene rings is 2. The maximum Gasteiger partial charge on any atom is 0.331 e. The van der Waals surface area contributed by atoms with Crippen LogP contribution in [0.3, 0.4) is 0 Å². The fraction of sp³-hybridized carbons (Fsp3) is 0.111. The molecule has 1 heterocycles. The molecule has 0 aliphatic carbocycles. The second-order valence-corrected chi connectivity index (χ2v) is 4.99. The standard InChI is InChI=1S/C18H13FO5/c19-14-3-1-2-13(9-14)15(20)10-22-18(21)7-5-12-4-6-16-17(8-12)24-11-23-16/h1-9H,10-11H2/b7-5+. The number of carbonyl (C=O) groups excluding carboxylic acids is 2. The van der Waals surface area contributed by atoms with Gasteiger partial charge in [0, 0.05) is 11.6 Å². The second kappa shape index (κ2) is 6.95. The van der Waals surface area contributed by atoms with Gasteiger partial charge in [0.15, 0.2) is 23.9 Å². The summed E-state index contributed by atoms with van der Waals surface area (Å²) in [7, 11) is 0. The number of fused-ring (bicyclic) bond motifs is 1. The van der Waals surface area contributed by atoms with Crippen molar-refractivity contribution < 1.29 is 28.2 Å². The quantitative estimate of drug-likeness (QED) is 0.480. The Hall–Kier alpha value is -3.15. The molecule has 0 amide bonds. The maximum atomic E-state index is 13.0. The van der Waals surface area contributed by atoms with Crippen LogP contribution < -0.4 is 9.47 Å². The highest BCUT2D eigenvalue weighted by Gasteiger charge is 2.12. The van der Waals surface area contributed by atoms with E-state index in [4.69, 9.17) is 14.2 Å². The van der Waals surface area contributed by atoms with Crippen LogP contribution in [0, 0.1) is 5.82 Å². The van der Waals surface area contributed by atoms with Gasteiger partial charge < -0.3 is 14.2 Å². The van der Waals surface area contributed by atoms with Crippen LogP contribution in [0.25, 0.3) is 6.08 Å². The highest BCUT2D eigenvalue weighted by molar-refractivity contribution is 5.98. The second-order valence-electron chi connectivity index (χ2n) is 4.99. The zero-order valence-electron chi connectivity index (χ0n) is 12.5. The van der Waals surface area contributed by atoms with Crippen molar-refractivity contribution in [3.05, 3.63) is 65.5 Å². The van der Waals surface area contributed by atoms with Crippen LogP contribution in [0.2, 0.25) is 0 Å². The smallest absolute Gasteiger partial charge is 0.331 e. The number of halogens is 1. The molecule has 24 heavy (non-hydrogen) atoms. The van der Waals surface area contributed by atoms with E-state index in [0.29, 0.717) is 11.5 Å². The summed E-state index contributed by atoms with van der Waals surface area (Å²) in [5.41, 5.74) is 0.884. The summed E-state index contributed by atoms with van der Waals surface area (Å²) in [6.07, 6.45) is 2.74. The fourth-order valence-electron chi connectivity index (χ4n) is 2.11. The van der Waals surface area contributed by atoms with Crippen molar-refractivity contribution in [3.8, 4) is 11.5 Å². The first kappa shape index (κ1) is 15.7. The topological polar surface area (TPSA) is 61.8 Å². The van der Waals surface area contributed by atoms with E-state index in [-0.39, 0.29) is 12.4 Å². The van der Waals surface area contributed by atoms with Gasteiger partial charge in [0.2, 0.25) is 6.79 Å². The number of rotatable bonds is 5. The van der Waals surface area contributed by atoms with E-state index in [0.717, 1.165) is 11.6 Å². The Morgan fingerprint density at radius 2 is 1.96 bits per heavy atom. The van der Waals surface area contributed by atoms with E-state index in [9.17, 15) is 14.0 Å². The molecule has 0 radical (unpaired) electrons. The van der Waals surface area contributed by atoms with Gasteiger partial charge >= 0.3 is 5.97 Å². The lowest BCUT2D eigenvalue weighted by Gasteiger charge is -2.02. The van der Waals surface area contributed by atoms with E-state index in [1.807, 2.05) is 0 Å². The molecule has 0 fully saturated rings. The van der Waals surface area contributed by atoms with E-state index < -0.39 is 24.2 Å². The molecule has 122 valence electrons. The summed E-state index contributed by atoms with van der Waals surface area (Å²) in [4.78, 5) is 23.5. The van der Waals surface area contributed by atoms with Crippen LogP contribution in [0.5, 0.6) is 11.5 Å². The molecule has 2 aromatic carbocycles. The first-order valence-electron chi connectivity index (χ1n) is 7.15. The molecular formula is C18H13FO5. The lowest BCUT2D eigenvalue weighted by molar-refractivity contribution is -0.136. The van der Waals surface area contributed by atoms with Gasteiger partial charge in [-0.2, -0.15) is 0 Å². The Kier molecular flexibility index (Phi) is 4.56. The lowest BCUT2D eigenvalue weighted by atomic mass is 10.1. The maximum absolute atomic E-state index is 13.0. The molecule has 6 heteroatoms. The van der Waals surface area contributed by atoms with Crippen LogP contribution in [-0.2, 0) is 9.53 Å². The number of esters is 1. The van der Waals surface area contributed by atoms with E-state index in [2.05, 4.69) is 0 Å². The molecule has 0 bridgehead atoms. The molecule has 0 atom stereocenters. The van der Waals surface area contributed by atoms with Crippen molar-refractivity contribution in [2.75, 3.05) is 13.4 Å². The summed E-state index contributed by atoms with van der Waals surface area (Å²) in [6, 6.07) is 10.4. The predicted octanol–water partition coefficient (Wildman–Crippen LogP) is 2.99. The molecule has 0 aromatic heterocycles. The highest BCUT2D eigenvalue weighted by Crippen LogP contribution is 2.32. The minimum absolute atomic E-state index is 0.155. The SMILES string of the molecule is O=C(/C=C/c1ccc2c(c1)OCO2)OCC(=O)c1cccc(F)c1. The van der Waals surface area contributed by atoms with E-state index in [1.54, 1.807) is 18.2 Å². The third kappa shape index (κ3) is 3.78. The van der Waals surface area contributed by atoms with Crippen molar-refractivity contribution >= 4 is 17.8 Å². The van der Waals surface area contributed by atoms with Gasteiger partial charge in [-0.1, -0.05) is 18.2 Å². The number of ether oxygens (including phenoxy) is 3. The number of carbonyl (C=O) groups is 2. The molecule has 0 saturated carbocycles. The molecule has 2 aromatic rings. The average Bonchev–Trinajstić information content (AvgIpc) is 3.05. The molecule has 0 saturated heterocycles. The van der Waals surface area contributed by atoms with Gasteiger partial charge in [0.05, 0.1) is 0 Å². The molecule has 1 aliphatic heterocycles. The van der Waals surface area contributed by atoms with Crippen molar-refractivity contribution in [1.82, 2.24) is 0 Å². The average molecular weight is 328 g/mol. The van der Waals surface area contributed by atoms with Crippen molar-refractivity contribution in [3.63, 3.8) is 0 Å². The Morgan fingerprint density at radius 1 is 1.12 bits per heavy atom. The minimum Gasteiger partial charge on any atom is -0.454 e. The summed E-state index contributed by atoms with van der Waals surface area (Å²) in [5.74, 6) is -0.408. The van der Waals surface area contributed by atoms with Gasteiger partial charge in [-0.25, -0.2) is 9.18 Å². The molecule has 0 N–H and O–H groups in total. The summed E-state index contributed by atoms with van der Waals surface area (Å²) < 4.78 is 28.3. The number of Topliss-reactive ketones (excluding diaryl/α,β-unsaturated/α-hetero) is 1. The lowest BCUT2D eigenvalue weighted by Crippen LogP contribution is -2.12. The Morgan fingerprint density at radius 3 is 2.79 bits per heavy atom. The van der Waals surface area contributed by atoms with Crippen molar-refractivity contribution in [1.29, 1.82) is 0 Å². The molecule has 1 aliphatic rings. The summed E-state index contributed by atoms with van der Waals surface area (Å²) in [5, 5.41) is 0. The summed E-state index contributed by atoms with van der Waals surface area (Å²) >= 11 is 0. The molecule has 3 rings (SSSR count). The van der Waals surface area contributed by atoms with Gasteiger partial charge in [0.1, 0.15) is 5.82 Å². The predicted molar refractivity (Wildman–Crippen MR) is 83.3 cm³/mol. The minimum atomic E-state index is -0.669. The number of hydrogen-bond acceptors (Lipinski definition) is 5. The van der Waals surface area contributed by atoms with Crippen molar-refractivity contribution in [2.45, 2.75) is 0 Å². The van der Waals surface area contributed by atoms with Gasteiger partial charge in [-0.05, 0) is 35.9 Å². The normalized spacial score (nSPS) is 12.4. The molecule has 0 spiro atoms. The molecule has 5 nitrogen and oxygen atoms in total. The van der Waals surface area contributed by atoms with Crippen LogP contribution in [0.1, 0.15) is 15.9 Å². The zero-order valence-corrected chi connectivity index (χ0v) is 12.5. The van der Waals surface area contributed by atoms with E-state index >= 15 is 0 Å². The van der Waals surface area contributed by atoms with E-state index in [1.165, 1.54) is 30.4 Å². The van der Waals surface area contributed by atoms with Gasteiger partial charge in [-0.15, -0.1) is 0 Å². The Bertz CT molecular complexity index is 813. The monoisotopic (exact) mass is 328 g/mol. The largest absolute Gasteiger partial charge is 0.454 e. The Labute approximate surface area is 137 Å². The van der Waals surface area contributed by atoms with Gasteiger partial charge in [-0.3, -0.25) is 4.79 Å². The van der Waals surface area contributed by atoms with Crippen LogP contribution >= 0.6 is 0 Å². The third-order valence-corrected chi connectivity index (χ3v) is 3.30. The van der Waals surface area contributed by atoms with Crippen molar-refractivity contribution in [2.24, 2.45) is 0 Å². The van der Waals surface area contributed by atoms with Crippen LogP contribution in [-0.4, -0.2) is 25.2 Å². The first-order valence-corrected chi connectivity index (χ1v) is 7.15. The van der Waals surface area contributed by atoms with Crippen LogP contribution in [0.15, 0.2) is 48.5 Å². The Balaban J connectivity index is 1.55.